The smallest absolute Gasteiger partial charge is 0.221 e. The fraction of sp³-hybridized carbons (Fsp3) is 0.500. The minimum atomic E-state index is -0.162. The molecule has 0 aliphatic carbocycles. The van der Waals surface area contributed by atoms with Crippen LogP contribution in [-0.4, -0.2) is 15.1 Å². The second kappa shape index (κ2) is 5.72. The van der Waals surface area contributed by atoms with Crippen LogP contribution in [0.4, 0.5) is 5.95 Å². The van der Waals surface area contributed by atoms with Crippen molar-refractivity contribution in [2.24, 2.45) is 0 Å². The molecule has 1 aromatic rings. The number of nitrogens with two attached hydrogens (primary N) is 1. The minimum absolute atomic E-state index is 0.129. The van der Waals surface area contributed by atoms with Gasteiger partial charge < -0.3 is 10.8 Å². The molecule has 0 saturated heterocycles. The highest BCUT2D eigenvalue weighted by Gasteiger charge is 2.06. The van der Waals surface area contributed by atoms with E-state index in [-0.39, 0.29) is 17.7 Å². The lowest BCUT2D eigenvalue weighted by atomic mass is 10.2. The van der Waals surface area contributed by atoms with Gasteiger partial charge in [0, 0.05) is 11.3 Å². The third-order valence-corrected chi connectivity index (χ3v) is 1.65. The SMILES string of the molecule is CC.Cc1nc(N)nc(Cl)c1CO. The van der Waals surface area contributed by atoms with Crippen molar-refractivity contribution in [2.45, 2.75) is 27.4 Å². The molecule has 0 bridgehead atoms. The van der Waals surface area contributed by atoms with Crippen molar-refractivity contribution in [1.29, 1.82) is 0 Å². The first-order chi connectivity index (χ1) is 6.15. The van der Waals surface area contributed by atoms with Crippen LogP contribution in [0.5, 0.6) is 0 Å². The first-order valence-electron chi connectivity index (χ1n) is 4.04. The average Bonchev–Trinajstić information content (AvgIpc) is 2.07. The van der Waals surface area contributed by atoms with Gasteiger partial charge in [-0.1, -0.05) is 25.4 Å². The molecule has 4 nitrogen and oxygen atoms in total. The lowest BCUT2D eigenvalue weighted by Gasteiger charge is -2.03. The molecule has 5 heteroatoms. The normalized spacial score (nSPS) is 9.00. The summed E-state index contributed by atoms with van der Waals surface area (Å²) in [4.78, 5) is 7.50. The van der Waals surface area contributed by atoms with Gasteiger partial charge in [-0.2, -0.15) is 0 Å². The lowest BCUT2D eigenvalue weighted by Crippen LogP contribution is -2.02. The summed E-state index contributed by atoms with van der Waals surface area (Å²) in [6.45, 7) is 5.56. The predicted molar refractivity (Wildman–Crippen MR) is 53.5 cm³/mol. The van der Waals surface area contributed by atoms with Gasteiger partial charge in [0.1, 0.15) is 5.15 Å². The van der Waals surface area contributed by atoms with Crippen LogP contribution in [0.15, 0.2) is 0 Å². The van der Waals surface area contributed by atoms with Gasteiger partial charge in [0.2, 0.25) is 5.95 Å². The number of hydrogen-bond acceptors (Lipinski definition) is 4. The van der Waals surface area contributed by atoms with Crippen molar-refractivity contribution in [1.82, 2.24) is 9.97 Å². The van der Waals surface area contributed by atoms with Crippen LogP contribution in [0.25, 0.3) is 0 Å². The van der Waals surface area contributed by atoms with E-state index in [2.05, 4.69) is 9.97 Å². The Morgan fingerprint density at radius 3 is 2.31 bits per heavy atom. The van der Waals surface area contributed by atoms with Crippen molar-refractivity contribution in [3.63, 3.8) is 0 Å². The van der Waals surface area contributed by atoms with E-state index in [9.17, 15) is 0 Å². The van der Waals surface area contributed by atoms with Crippen LogP contribution in [0.1, 0.15) is 25.1 Å². The zero-order valence-electron chi connectivity index (χ0n) is 8.00. The van der Waals surface area contributed by atoms with Gasteiger partial charge >= 0.3 is 0 Å². The number of nitrogen functional groups attached to an aromatic ring is 1. The molecule has 0 amide bonds. The Labute approximate surface area is 82.8 Å². The largest absolute Gasteiger partial charge is 0.391 e. The molecule has 0 atom stereocenters. The van der Waals surface area contributed by atoms with E-state index in [0.717, 1.165) is 0 Å². The van der Waals surface area contributed by atoms with Crippen LogP contribution in [-0.2, 0) is 6.61 Å². The van der Waals surface area contributed by atoms with Crippen LogP contribution >= 0.6 is 11.6 Å². The number of nitrogens with zero attached hydrogens (tertiary/aromatic N) is 2. The summed E-state index contributed by atoms with van der Waals surface area (Å²) in [5.41, 5.74) is 6.44. The van der Waals surface area contributed by atoms with Crippen molar-refractivity contribution < 1.29 is 5.11 Å². The molecule has 0 unspecified atom stereocenters. The first-order valence-corrected chi connectivity index (χ1v) is 4.42. The van der Waals surface area contributed by atoms with Gasteiger partial charge in [0.15, 0.2) is 0 Å². The molecular formula is C8H14ClN3O. The maximum atomic E-state index is 8.78. The van der Waals surface area contributed by atoms with Gasteiger partial charge in [0.05, 0.1) is 6.61 Å². The van der Waals surface area contributed by atoms with E-state index < -0.39 is 0 Å². The van der Waals surface area contributed by atoms with E-state index in [1.807, 2.05) is 13.8 Å². The number of aryl methyl sites for hydroxylation is 1. The quantitative estimate of drug-likeness (QED) is 0.680. The topological polar surface area (TPSA) is 72.0 Å². The van der Waals surface area contributed by atoms with E-state index in [1.165, 1.54) is 0 Å². The van der Waals surface area contributed by atoms with Gasteiger partial charge in [-0.05, 0) is 6.92 Å². The van der Waals surface area contributed by atoms with Crippen LogP contribution in [0.2, 0.25) is 5.15 Å². The highest BCUT2D eigenvalue weighted by atomic mass is 35.5. The van der Waals surface area contributed by atoms with Crippen LogP contribution in [0.3, 0.4) is 0 Å². The van der Waals surface area contributed by atoms with Crippen molar-refractivity contribution in [3.8, 4) is 0 Å². The standard InChI is InChI=1S/C6H8ClN3O.C2H6/c1-3-4(2-11)5(7)10-6(8)9-3;1-2/h11H,2H2,1H3,(H2,8,9,10);1-2H3. The molecule has 3 N–H and O–H groups in total. The third-order valence-electron chi connectivity index (χ3n) is 1.34. The summed E-state index contributed by atoms with van der Waals surface area (Å²) in [5, 5.41) is 9.00. The summed E-state index contributed by atoms with van der Waals surface area (Å²) in [5.74, 6) is 0.129. The van der Waals surface area contributed by atoms with Crippen LogP contribution < -0.4 is 5.73 Å². The molecule has 1 aromatic heterocycles. The zero-order valence-corrected chi connectivity index (χ0v) is 8.76. The molecule has 1 rings (SSSR count). The Hall–Kier alpha value is -0.870. The van der Waals surface area contributed by atoms with Crippen LogP contribution in [0, 0.1) is 6.92 Å². The Morgan fingerprint density at radius 2 is 1.92 bits per heavy atom. The number of aromatic nitrogens is 2. The van der Waals surface area contributed by atoms with E-state index in [0.29, 0.717) is 11.3 Å². The molecule has 13 heavy (non-hydrogen) atoms. The van der Waals surface area contributed by atoms with Crippen molar-refractivity contribution >= 4 is 17.5 Å². The number of rotatable bonds is 1. The van der Waals surface area contributed by atoms with Gasteiger partial charge in [0.25, 0.3) is 0 Å². The van der Waals surface area contributed by atoms with E-state index in [1.54, 1.807) is 6.92 Å². The second-order valence-electron chi connectivity index (χ2n) is 2.09. The molecule has 0 aliphatic rings. The summed E-state index contributed by atoms with van der Waals surface area (Å²) in [7, 11) is 0. The molecule has 0 spiro atoms. The number of aliphatic hydroxyl groups is 1. The summed E-state index contributed by atoms with van der Waals surface area (Å²) >= 11 is 5.64. The maximum absolute atomic E-state index is 8.78. The summed E-state index contributed by atoms with van der Waals surface area (Å²) in [6, 6.07) is 0. The summed E-state index contributed by atoms with van der Waals surface area (Å²) < 4.78 is 0. The molecule has 0 saturated carbocycles. The highest BCUT2D eigenvalue weighted by Crippen LogP contribution is 2.16. The molecule has 0 fully saturated rings. The predicted octanol–water partition coefficient (Wildman–Crippen LogP) is 1.54. The molecule has 74 valence electrons. The monoisotopic (exact) mass is 203 g/mol. The Balaban J connectivity index is 0.000000671. The lowest BCUT2D eigenvalue weighted by molar-refractivity contribution is 0.280. The third kappa shape index (κ3) is 3.16. The van der Waals surface area contributed by atoms with Crippen molar-refractivity contribution in [3.05, 3.63) is 16.4 Å². The van der Waals surface area contributed by atoms with E-state index >= 15 is 0 Å². The van der Waals surface area contributed by atoms with E-state index in [4.69, 9.17) is 22.4 Å². The Bertz CT molecular complexity index is 255. The Morgan fingerprint density at radius 1 is 1.38 bits per heavy atom. The molecular weight excluding hydrogens is 190 g/mol. The molecule has 0 aromatic carbocycles. The van der Waals surface area contributed by atoms with Gasteiger partial charge in [-0.25, -0.2) is 9.97 Å². The number of anilines is 1. The fourth-order valence-corrected chi connectivity index (χ4v) is 1.04. The van der Waals surface area contributed by atoms with Gasteiger partial charge in [-0.15, -0.1) is 0 Å². The number of aliphatic hydroxyl groups excluding tert-OH is 1. The molecule has 0 aliphatic heterocycles. The molecule has 0 radical (unpaired) electrons. The number of hydrogen-bond donors (Lipinski definition) is 2. The fourth-order valence-electron chi connectivity index (χ4n) is 0.761. The average molecular weight is 204 g/mol. The Kier molecular flexibility index (Phi) is 5.34. The second-order valence-corrected chi connectivity index (χ2v) is 2.45. The minimum Gasteiger partial charge on any atom is -0.391 e. The highest BCUT2D eigenvalue weighted by molar-refractivity contribution is 6.30. The first kappa shape index (κ1) is 12.1. The maximum Gasteiger partial charge on any atom is 0.221 e. The van der Waals surface area contributed by atoms with Gasteiger partial charge in [-0.3, -0.25) is 0 Å². The zero-order chi connectivity index (χ0) is 10.4. The molecule has 1 heterocycles. The number of halogens is 1. The summed E-state index contributed by atoms with van der Waals surface area (Å²) in [6.07, 6.45) is 0. The van der Waals surface area contributed by atoms with Crippen molar-refractivity contribution in [2.75, 3.05) is 5.73 Å².